The van der Waals surface area contributed by atoms with Crippen molar-refractivity contribution >= 4 is 18.0 Å². The quantitative estimate of drug-likeness (QED) is 0.215. The molecular weight excluding hydrogens is 406 g/mol. The molecule has 0 aliphatic carbocycles. The zero-order valence-corrected chi connectivity index (χ0v) is 17.4. The molecule has 0 radical (unpaired) electrons. The standard InChI is InChI=1S/C18H31NO11/c1-9(2)27-17(25)29-11(4)28-16(24)18(26)6-14(23)13(7-19-10(3)21)15(30-18)5-12(22)8-20/h9,11-15,20,22-23,26H,5-8H2,1-4H3,(H,19,21)/t11?,12-,13?,14?,15?,18?/m0/s1. The lowest BCUT2D eigenvalue weighted by atomic mass is 9.84. The molecule has 1 rings (SSSR count). The van der Waals surface area contributed by atoms with Gasteiger partial charge < -0.3 is 44.7 Å². The van der Waals surface area contributed by atoms with Gasteiger partial charge in [0, 0.05) is 39.2 Å². The van der Waals surface area contributed by atoms with Crippen LogP contribution in [0.15, 0.2) is 0 Å². The van der Waals surface area contributed by atoms with Gasteiger partial charge in [0.2, 0.25) is 12.2 Å². The molecule has 12 heteroatoms. The molecular formula is C18H31NO11. The number of ether oxygens (including phenoxy) is 4. The largest absolute Gasteiger partial charge is 0.511 e. The molecule has 1 saturated heterocycles. The fourth-order valence-corrected chi connectivity index (χ4v) is 2.92. The first kappa shape index (κ1) is 26.0. The minimum absolute atomic E-state index is 0.0506. The second kappa shape index (κ2) is 11.4. The van der Waals surface area contributed by atoms with Crippen LogP contribution in [0.5, 0.6) is 0 Å². The van der Waals surface area contributed by atoms with Crippen molar-refractivity contribution in [3.63, 3.8) is 0 Å². The second-order valence-corrected chi connectivity index (χ2v) is 7.39. The van der Waals surface area contributed by atoms with Crippen LogP contribution in [0.2, 0.25) is 0 Å². The molecule has 0 saturated carbocycles. The number of esters is 1. The van der Waals surface area contributed by atoms with Gasteiger partial charge in [0.15, 0.2) is 0 Å². The van der Waals surface area contributed by atoms with Crippen molar-refractivity contribution in [1.82, 2.24) is 5.32 Å². The molecule has 0 aromatic rings. The highest BCUT2D eigenvalue weighted by molar-refractivity contribution is 5.78. The van der Waals surface area contributed by atoms with Crippen LogP contribution in [0.1, 0.15) is 40.5 Å². The number of nitrogens with one attached hydrogen (secondary N) is 1. The third kappa shape index (κ3) is 8.03. The van der Waals surface area contributed by atoms with Gasteiger partial charge in [-0.3, -0.25) is 4.79 Å². The number of aliphatic hydroxyl groups is 4. The van der Waals surface area contributed by atoms with Crippen LogP contribution in [-0.4, -0.2) is 88.1 Å². The van der Waals surface area contributed by atoms with Crippen LogP contribution in [0.4, 0.5) is 4.79 Å². The highest BCUT2D eigenvalue weighted by Crippen LogP contribution is 2.34. The summed E-state index contributed by atoms with van der Waals surface area (Å²) in [5.41, 5.74) is 0. The van der Waals surface area contributed by atoms with Gasteiger partial charge in [-0.2, -0.15) is 0 Å². The Kier molecular flexibility index (Phi) is 9.91. The molecule has 0 spiro atoms. The summed E-state index contributed by atoms with van der Waals surface area (Å²) in [7, 11) is 0. The van der Waals surface area contributed by atoms with Gasteiger partial charge in [-0.05, 0) is 13.8 Å². The summed E-state index contributed by atoms with van der Waals surface area (Å²) in [6, 6.07) is 0. The maximum Gasteiger partial charge on any atom is 0.511 e. The van der Waals surface area contributed by atoms with E-state index in [-0.39, 0.29) is 18.9 Å². The zero-order chi connectivity index (χ0) is 23.1. The predicted octanol–water partition coefficient (Wildman–Crippen LogP) is -1.23. The summed E-state index contributed by atoms with van der Waals surface area (Å²) in [5.74, 6) is -5.08. The van der Waals surface area contributed by atoms with Crippen molar-refractivity contribution in [1.29, 1.82) is 0 Å². The van der Waals surface area contributed by atoms with Gasteiger partial charge >= 0.3 is 12.1 Å². The van der Waals surface area contributed by atoms with Gasteiger partial charge in [0.1, 0.15) is 0 Å². The van der Waals surface area contributed by atoms with Gasteiger partial charge in [0.05, 0.1) is 31.0 Å². The molecule has 5 unspecified atom stereocenters. The van der Waals surface area contributed by atoms with Crippen LogP contribution in [-0.2, 0) is 28.5 Å². The van der Waals surface area contributed by atoms with Gasteiger partial charge in [0.25, 0.3) is 5.79 Å². The Morgan fingerprint density at radius 1 is 1.20 bits per heavy atom. The molecule has 12 nitrogen and oxygen atoms in total. The zero-order valence-electron chi connectivity index (χ0n) is 17.4. The number of aliphatic hydroxyl groups excluding tert-OH is 3. The average molecular weight is 437 g/mol. The van der Waals surface area contributed by atoms with E-state index < -0.39 is 67.6 Å². The fraction of sp³-hybridized carbons (Fsp3) is 0.833. The molecule has 0 aromatic heterocycles. The normalized spacial score (nSPS) is 28.4. The second-order valence-electron chi connectivity index (χ2n) is 7.39. The SMILES string of the molecule is CC(=O)NCC1C(O)CC(O)(C(=O)OC(C)OC(=O)OC(C)C)OC1C[C@H](O)CO. The molecule has 6 atom stereocenters. The molecule has 0 aromatic carbocycles. The van der Waals surface area contributed by atoms with E-state index in [2.05, 4.69) is 5.32 Å². The molecule has 1 heterocycles. The van der Waals surface area contributed by atoms with E-state index in [9.17, 15) is 29.7 Å². The minimum Gasteiger partial charge on any atom is -0.431 e. The summed E-state index contributed by atoms with van der Waals surface area (Å²) >= 11 is 0. The van der Waals surface area contributed by atoms with Gasteiger partial charge in [-0.25, -0.2) is 9.59 Å². The third-order valence-electron chi connectivity index (χ3n) is 4.29. The third-order valence-corrected chi connectivity index (χ3v) is 4.29. The number of hydrogen-bond donors (Lipinski definition) is 5. The average Bonchev–Trinajstić information content (AvgIpc) is 2.59. The Bertz CT molecular complexity index is 599. The van der Waals surface area contributed by atoms with Crippen molar-refractivity contribution in [2.75, 3.05) is 13.2 Å². The van der Waals surface area contributed by atoms with E-state index in [0.29, 0.717) is 0 Å². The first-order chi connectivity index (χ1) is 13.9. The monoisotopic (exact) mass is 437 g/mol. The van der Waals surface area contributed by atoms with Crippen LogP contribution in [0.3, 0.4) is 0 Å². The number of carbonyl (C=O) groups is 3. The highest BCUT2D eigenvalue weighted by Gasteiger charge is 2.52. The number of carbonyl (C=O) groups excluding carboxylic acids is 3. The lowest BCUT2D eigenvalue weighted by molar-refractivity contribution is -0.296. The Balaban J connectivity index is 2.86. The summed E-state index contributed by atoms with van der Waals surface area (Å²) in [6.45, 7) is 5.01. The topological polar surface area (TPSA) is 181 Å². The Hall–Kier alpha value is -1.99. The van der Waals surface area contributed by atoms with Gasteiger partial charge in [-0.15, -0.1) is 0 Å². The molecule has 1 amide bonds. The maximum atomic E-state index is 12.4. The summed E-state index contributed by atoms with van der Waals surface area (Å²) in [5, 5.41) is 42.4. The highest BCUT2D eigenvalue weighted by atomic mass is 16.8. The van der Waals surface area contributed by atoms with Crippen molar-refractivity contribution in [3.8, 4) is 0 Å². The summed E-state index contributed by atoms with van der Waals surface area (Å²) in [6.07, 6.45) is -7.48. The smallest absolute Gasteiger partial charge is 0.431 e. The number of hydrogen-bond acceptors (Lipinski definition) is 11. The summed E-state index contributed by atoms with van der Waals surface area (Å²) < 4.78 is 19.8. The van der Waals surface area contributed by atoms with E-state index in [1.54, 1.807) is 13.8 Å². The van der Waals surface area contributed by atoms with Crippen LogP contribution < -0.4 is 5.32 Å². The van der Waals surface area contributed by atoms with Crippen LogP contribution in [0, 0.1) is 5.92 Å². The van der Waals surface area contributed by atoms with E-state index in [4.69, 9.17) is 24.1 Å². The van der Waals surface area contributed by atoms with Crippen LogP contribution >= 0.6 is 0 Å². The Morgan fingerprint density at radius 2 is 1.83 bits per heavy atom. The molecule has 1 aliphatic rings. The molecule has 1 aliphatic heterocycles. The maximum absolute atomic E-state index is 12.4. The first-order valence-corrected chi connectivity index (χ1v) is 9.57. The predicted molar refractivity (Wildman–Crippen MR) is 98.6 cm³/mol. The van der Waals surface area contributed by atoms with Crippen molar-refractivity contribution in [2.45, 2.75) is 77.0 Å². The van der Waals surface area contributed by atoms with Gasteiger partial charge in [-0.1, -0.05) is 0 Å². The lowest BCUT2D eigenvalue weighted by Gasteiger charge is -2.43. The molecule has 174 valence electrons. The molecule has 1 fully saturated rings. The number of amides is 1. The van der Waals surface area contributed by atoms with Crippen molar-refractivity contribution < 1.29 is 53.8 Å². The molecule has 5 N–H and O–H groups in total. The Labute approximate surface area is 174 Å². The fourth-order valence-electron chi connectivity index (χ4n) is 2.92. The summed E-state index contributed by atoms with van der Waals surface area (Å²) in [4.78, 5) is 35.1. The van der Waals surface area contributed by atoms with Crippen molar-refractivity contribution in [3.05, 3.63) is 0 Å². The van der Waals surface area contributed by atoms with Crippen LogP contribution in [0.25, 0.3) is 0 Å². The minimum atomic E-state index is -2.61. The van der Waals surface area contributed by atoms with E-state index in [1.165, 1.54) is 13.8 Å². The first-order valence-electron chi connectivity index (χ1n) is 9.57. The lowest BCUT2D eigenvalue weighted by Crippen LogP contribution is -2.59. The Morgan fingerprint density at radius 3 is 2.37 bits per heavy atom. The molecule has 0 bridgehead atoms. The van der Waals surface area contributed by atoms with E-state index >= 15 is 0 Å². The van der Waals surface area contributed by atoms with E-state index in [0.717, 1.165) is 0 Å². The van der Waals surface area contributed by atoms with Crippen molar-refractivity contribution in [2.24, 2.45) is 5.92 Å². The number of rotatable bonds is 9. The van der Waals surface area contributed by atoms with E-state index in [1.807, 2.05) is 0 Å². The molecule has 30 heavy (non-hydrogen) atoms.